The number of rotatable bonds is 7. The number of hydrogen-bond donors (Lipinski definition) is 2. The molecule has 0 aliphatic heterocycles. The molecule has 0 radical (unpaired) electrons. The van der Waals surface area contributed by atoms with E-state index in [-0.39, 0.29) is 11.8 Å². The predicted molar refractivity (Wildman–Crippen MR) is 101 cm³/mol. The summed E-state index contributed by atoms with van der Waals surface area (Å²) in [6, 6.07) is 16.2. The Morgan fingerprint density at radius 2 is 1.96 bits per heavy atom. The number of ether oxygens (including phenoxy) is 1. The van der Waals surface area contributed by atoms with Crippen LogP contribution in [0.5, 0.6) is 5.75 Å². The number of benzene rings is 2. The smallest absolute Gasteiger partial charge is 0.222 e. The maximum Gasteiger partial charge on any atom is 0.222 e. The van der Waals surface area contributed by atoms with Gasteiger partial charge in [-0.05, 0) is 29.7 Å². The summed E-state index contributed by atoms with van der Waals surface area (Å²) in [5, 5.41) is 4.13. The Hall–Kier alpha value is -2.75. The van der Waals surface area contributed by atoms with Crippen molar-refractivity contribution >= 4 is 16.8 Å². The molecule has 4 nitrogen and oxygen atoms in total. The van der Waals surface area contributed by atoms with Crippen molar-refractivity contribution in [2.45, 2.75) is 26.9 Å². The van der Waals surface area contributed by atoms with E-state index in [0.717, 1.165) is 23.3 Å². The molecule has 0 spiro atoms. The fourth-order valence-electron chi connectivity index (χ4n) is 2.73. The van der Waals surface area contributed by atoms with Crippen LogP contribution in [0.3, 0.4) is 0 Å². The molecule has 0 unspecified atom stereocenters. The summed E-state index contributed by atoms with van der Waals surface area (Å²) in [5.41, 5.74) is 3.40. The lowest BCUT2D eigenvalue weighted by molar-refractivity contribution is -0.123. The quantitative estimate of drug-likeness (QED) is 0.683. The number of carbonyl (C=O) groups is 1. The topological polar surface area (TPSA) is 54.1 Å². The lowest BCUT2D eigenvalue weighted by atomic mass is 10.1. The Balaban J connectivity index is 1.61. The number of H-pyrrole nitrogens is 1. The summed E-state index contributed by atoms with van der Waals surface area (Å²) >= 11 is 0. The minimum absolute atomic E-state index is 0.0206. The van der Waals surface area contributed by atoms with Crippen molar-refractivity contribution < 1.29 is 9.53 Å². The van der Waals surface area contributed by atoms with Crippen LogP contribution < -0.4 is 10.1 Å². The van der Waals surface area contributed by atoms with Crippen molar-refractivity contribution in [1.82, 2.24) is 10.3 Å². The van der Waals surface area contributed by atoms with Crippen LogP contribution in [0.1, 0.15) is 25.0 Å². The molecule has 1 amide bonds. The third-order valence-electron chi connectivity index (χ3n) is 4.21. The van der Waals surface area contributed by atoms with Crippen LogP contribution in [-0.4, -0.2) is 17.4 Å². The van der Waals surface area contributed by atoms with Crippen LogP contribution in [0, 0.1) is 5.92 Å². The zero-order chi connectivity index (χ0) is 17.6. The number of nitrogens with one attached hydrogen (secondary N) is 2. The summed E-state index contributed by atoms with van der Waals surface area (Å²) in [4.78, 5) is 14.9. The molecule has 1 aromatic heterocycles. The Labute approximate surface area is 148 Å². The fourth-order valence-corrected chi connectivity index (χ4v) is 2.73. The number of fused-ring (bicyclic) bond motifs is 1. The average Bonchev–Trinajstić information content (AvgIpc) is 3.03. The minimum atomic E-state index is 0.0206. The second-order valence-corrected chi connectivity index (χ2v) is 6.49. The van der Waals surface area contributed by atoms with Gasteiger partial charge in [-0.2, -0.15) is 0 Å². The van der Waals surface area contributed by atoms with Gasteiger partial charge in [-0.25, -0.2) is 0 Å². The van der Waals surface area contributed by atoms with Crippen molar-refractivity contribution in [3.8, 4) is 5.75 Å². The number of amides is 1. The van der Waals surface area contributed by atoms with E-state index in [0.29, 0.717) is 13.2 Å². The van der Waals surface area contributed by atoms with Crippen molar-refractivity contribution in [1.29, 1.82) is 0 Å². The molecular weight excluding hydrogens is 312 g/mol. The Morgan fingerprint density at radius 1 is 1.16 bits per heavy atom. The summed E-state index contributed by atoms with van der Waals surface area (Å²) in [7, 11) is 0. The first-order chi connectivity index (χ1) is 12.1. The fraction of sp³-hybridized carbons (Fsp3) is 0.286. The molecule has 25 heavy (non-hydrogen) atoms. The number of aromatic nitrogens is 1. The van der Waals surface area contributed by atoms with Crippen LogP contribution in [0.2, 0.25) is 0 Å². The summed E-state index contributed by atoms with van der Waals surface area (Å²) in [5.74, 6) is 0.960. The van der Waals surface area contributed by atoms with Crippen LogP contribution >= 0.6 is 0 Å². The monoisotopic (exact) mass is 336 g/mol. The highest BCUT2D eigenvalue weighted by Crippen LogP contribution is 2.24. The minimum Gasteiger partial charge on any atom is -0.489 e. The molecule has 1 heterocycles. The van der Waals surface area contributed by atoms with E-state index in [4.69, 9.17) is 4.74 Å². The van der Waals surface area contributed by atoms with Crippen LogP contribution in [0.4, 0.5) is 0 Å². The number of hydrogen-bond acceptors (Lipinski definition) is 2. The maximum absolute atomic E-state index is 11.6. The van der Waals surface area contributed by atoms with Gasteiger partial charge >= 0.3 is 0 Å². The number of aromatic amines is 1. The van der Waals surface area contributed by atoms with Crippen molar-refractivity contribution in [3.63, 3.8) is 0 Å². The van der Waals surface area contributed by atoms with Gasteiger partial charge in [0, 0.05) is 35.6 Å². The molecule has 0 bridgehead atoms. The van der Waals surface area contributed by atoms with Crippen molar-refractivity contribution in [3.05, 3.63) is 65.9 Å². The third kappa shape index (κ3) is 4.41. The van der Waals surface area contributed by atoms with E-state index >= 15 is 0 Å². The van der Waals surface area contributed by atoms with Gasteiger partial charge in [-0.3, -0.25) is 4.79 Å². The number of carbonyl (C=O) groups excluding carboxylic acids is 1. The van der Waals surface area contributed by atoms with Crippen LogP contribution in [-0.2, 0) is 17.8 Å². The van der Waals surface area contributed by atoms with E-state index in [9.17, 15) is 4.79 Å². The molecule has 3 rings (SSSR count). The van der Waals surface area contributed by atoms with Gasteiger partial charge in [-0.15, -0.1) is 0 Å². The highest BCUT2D eigenvalue weighted by atomic mass is 16.5. The van der Waals surface area contributed by atoms with Gasteiger partial charge < -0.3 is 15.0 Å². The third-order valence-corrected chi connectivity index (χ3v) is 4.21. The normalized spacial score (nSPS) is 11.0. The summed E-state index contributed by atoms with van der Waals surface area (Å²) < 4.78 is 5.87. The van der Waals surface area contributed by atoms with E-state index in [1.807, 2.05) is 50.4 Å². The first kappa shape index (κ1) is 17.1. The van der Waals surface area contributed by atoms with Gasteiger partial charge in [0.2, 0.25) is 5.91 Å². The molecule has 0 saturated heterocycles. The Morgan fingerprint density at radius 3 is 2.72 bits per heavy atom. The molecule has 0 saturated carbocycles. The van der Waals surface area contributed by atoms with E-state index in [2.05, 4.69) is 28.5 Å². The van der Waals surface area contributed by atoms with Crippen molar-refractivity contribution in [2.75, 3.05) is 6.54 Å². The van der Waals surface area contributed by atoms with Gasteiger partial charge in [0.05, 0.1) is 0 Å². The van der Waals surface area contributed by atoms with Crippen LogP contribution in [0.25, 0.3) is 10.9 Å². The van der Waals surface area contributed by atoms with E-state index < -0.39 is 0 Å². The lowest BCUT2D eigenvalue weighted by Crippen LogP contribution is -2.29. The highest BCUT2D eigenvalue weighted by Gasteiger charge is 2.08. The van der Waals surface area contributed by atoms with Gasteiger partial charge in [-0.1, -0.05) is 44.2 Å². The molecule has 0 fully saturated rings. The molecule has 0 aliphatic carbocycles. The first-order valence-electron chi connectivity index (χ1n) is 8.68. The predicted octanol–water partition coefficient (Wildman–Crippen LogP) is 4.06. The molecule has 0 aliphatic rings. The SMILES string of the molecule is CC(C)C(=O)NCCc1c[nH]c2cc(OCc3ccccc3)ccc12. The average molecular weight is 336 g/mol. The maximum atomic E-state index is 11.6. The van der Waals surface area contributed by atoms with Crippen molar-refractivity contribution in [2.24, 2.45) is 5.92 Å². The zero-order valence-corrected chi connectivity index (χ0v) is 14.7. The Kier molecular flexibility index (Phi) is 5.39. The van der Waals surface area contributed by atoms with Crippen LogP contribution in [0.15, 0.2) is 54.7 Å². The Bertz CT molecular complexity index is 837. The lowest BCUT2D eigenvalue weighted by Gasteiger charge is -2.08. The first-order valence-corrected chi connectivity index (χ1v) is 8.68. The second-order valence-electron chi connectivity index (χ2n) is 6.49. The van der Waals surface area contributed by atoms with Gasteiger partial charge in [0.25, 0.3) is 0 Å². The zero-order valence-electron chi connectivity index (χ0n) is 14.7. The highest BCUT2D eigenvalue weighted by molar-refractivity contribution is 5.84. The summed E-state index contributed by atoms with van der Waals surface area (Å²) in [6.07, 6.45) is 2.82. The van der Waals surface area contributed by atoms with Gasteiger partial charge in [0.1, 0.15) is 12.4 Å². The molecule has 130 valence electrons. The molecule has 3 aromatic rings. The molecule has 0 atom stereocenters. The van der Waals surface area contributed by atoms with E-state index in [1.165, 1.54) is 10.9 Å². The molecular formula is C21H24N2O2. The molecule has 2 aromatic carbocycles. The van der Waals surface area contributed by atoms with Gasteiger partial charge in [0.15, 0.2) is 0 Å². The standard InChI is InChI=1S/C21H24N2O2/c1-15(2)21(24)22-11-10-17-13-23-20-12-18(8-9-19(17)20)25-14-16-6-4-3-5-7-16/h3-9,12-13,15,23H,10-11,14H2,1-2H3,(H,22,24). The molecule has 2 N–H and O–H groups in total. The second kappa shape index (κ2) is 7.88. The molecule has 4 heteroatoms. The summed E-state index contributed by atoms with van der Waals surface area (Å²) in [6.45, 7) is 5.01. The van der Waals surface area contributed by atoms with E-state index in [1.54, 1.807) is 0 Å². The largest absolute Gasteiger partial charge is 0.489 e.